The molecule has 0 N–H and O–H groups in total. The fourth-order valence-corrected chi connectivity index (χ4v) is 4.05. The number of aromatic nitrogens is 2. The zero-order chi connectivity index (χ0) is 18.5. The number of piperidine rings is 1. The molecule has 0 saturated carbocycles. The maximum absolute atomic E-state index is 6.32. The number of likely N-dealkylation sites (tertiary alicyclic amines) is 1. The van der Waals surface area contributed by atoms with Crippen LogP contribution in [0.2, 0.25) is 5.02 Å². The SMILES string of the molecule is Clc1ccccc1Cc1cccc(C2CCCN(Cc3ccncc3)C2)n1. The molecule has 27 heavy (non-hydrogen) atoms. The molecule has 1 atom stereocenters. The smallest absolute Gasteiger partial charge is 0.0451 e. The molecule has 4 heteroatoms. The third kappa shape index (κ3) is 4.74. The van der Waals surface area contributed by atoms with Gasteiger partial charge in [0.05, 0.1) is 0 Å². The Hall–Kier alpha value is -2.23. The molecule has 3 nitrogen and oxygen atoms in total. The van der Waals surface area contributed by atoms with Crippen molar-refractivity contribution in [3.05, 3.63) is 94.5 Å². The number of halogens is 1. The van der Waals surface area contributed by atoms with E-state index in [1.807, 2.05) is 30.6 Å². The Morgan fingerprint density at radius 2 is 1.85 bits per heavy atom. The fraction of sp³-hybridized carbons (Fsp3) is 0.304. The van der Waals surface area contributed by atoms with Crippen LogP contribution >= 0.6 is 11.6 Å². The first-order valence-corrected chi connectivity index (χ1v) is 9.96. The van der Waals surface area contributed by atoms with E-state index in [1.54, 1.807) is 0 Å². The average Bonchev–Trinajstić information content (AvgIpc) is 2.71. The quantitative estimate of drug-likeness (QED) is 0.619. The van der Waals surface area contributed by atoms with Gasteiger partial charge in [-0.3, -0.25) is 14.9 Å². The largest absolute Gasteiger partial charge is 0.298 e. The van der Waals surface area contributed by atoms with Crippen LogP contribution in [0.4, 0.5) is 0 Å². The predicted molar refractivity (Wildman–Crippen MR) is 110 cm³/mol. The molecule has 1 saturated heterocycles. The van der Waals surface area contributed by atoms with E-state index in [4.69, 9.17) is 16.6 Å². The Morgan fingerprint density at radius 1 is 1.00 bits per heavy atom. The molecular formula is C23H24ClN3. The van der Waals surface area contributed by atoms with Gasteiger partial charge in [0, 0.05) is 54.2 Å². The molecule has 1 aromatic carbocycles. The number of nitrogens with zero attached hydrogens (tertiary/aromatic N) is 3. The summed E-state index contributed by atoms with van der Waals surface area (Å²) in [5.74, 6) is 0.492. The zero-order valence-electron chi connectivity index (χ0n) is 15.4. The number of rotatable bonds is 5. The predicted octanol–water partition coefficient (Wildman–Crippen LogP) is 5.10. The van der Waals surface area contributed by atoms with Gasteiger partial charge in [-0.15, -0.1) is 0 Å². The van der Waals surface area contributed by atoms with E-state index in [-0.39, 0.29) is 0 Å². The Morgan fingerprint density at radius 3 is 2.70 bits per heavy atom. The normalized spacial score (nSPS) is 17.7. The molecule has 3 heterocycles. The monoisotopic (exact) mass is 377 g/mol. The van der Waals surface area contributed by atoms with Gasteiger partial charge in [0.2, 0.25) is 0 Å². The molecule has 0 radical (unpaired) electrons. The number of benzene rings is 1. The Bertz CT molecular complexity index is 882. The van der Waals surface area contributed by atoms with E-state index in [1.165, 1.54) is 24.1 Å². The van der Waals surface area contributed by atoms with Crippen LogP contribution in [0.5, 0.6) is 0 Å². The lowest BCUT2D eigenvalue weighted by molar-refractivity contribution is 0.198. The summed E-state index contributed by atoms with van der Waals surface area (Å²) in [7, 11) is 0. The van der Waals surface area contributed by atoms with Crippen LogP contribution in [-0.2, 0) is 13.0 Å². The number of hydrogen-bond acceptors (Lipinski definition) is 3. The first kappa shape index (κ1) is 18.1. The van der Waals surface area contributed by atoms with Crippen molar-refractivity contribution in [2.24, 2.45) is 0 Å². The molecule has 0 spiro atoms. The van der Waals surface area contributed by atoms with Crippen LogP contribution in [0, 0.1) is 0 Å². The van der Waals surface area contributed by atoms with E-state index < -0.39 is 0 Å². The van der Waals surface area contributed by atoms with Gasteiger partial charge in [0.25, 0.3) is 0 Å². The highest BCUT2D eigenvalue weighted by Gasteiger charge is 2.22. The lowest BCUT2D eigenvalue weighted by Crippen LogP contribution is -2.34. The van der Waals surface area contributed by atoms with Crippen molar-refractivity contribution in [1.29, 1.82) is 0 Å². The first-order chi connectivity index (χ1) is 13.3. The van der Waals surface area contributed by atoms with Gasteiger partial charge in [0.1, 0.15) is 0 Å². The van der Waals surface area contributed by atoms with E-state index in [0.29, 0.717) is 5.92 Å². The fourth-order valence-electron chi connectivity index (χ4n) is 3.85. The summed E-state index contributed by atoms with van der Waals surface area (Å²) in [5.41, 5.74) is 4.75. The van der Waals surface area contributed by atoms with E-state index in [9.17, 15) is 0 Å². The Balaban J connectivity index is 1.45. The summed E-state index contributed by atoms with van der Waals surface area (Å²) < 4.78 is 0. The Kier molecular flexibility index (Phi) is 5.81. The average molecular weight is 378 g/mol. The highest BCUT2D eigenvalue weighted by atomic mass is 35.5. The van der Waals surface area contributed by atoms with Crippen molar-refractivity contribution in [3.8, 4) is 0 Å². The molecule has 1 aliphatic rings. The van der Waals surface area contributed by atoms with E-state index in [0.717, 1.165) is 42.3 Å². The van der Waals surface area contributed by atoms with Gasteiger partial charge in [-0.25, -0.2) is 0 Å². The van der Waals surface area contributed by atoms with Crippen molar-refractivity contribution < 1.29 is 0 Å². The van der Waals surface area contributed by atoms with E-state index >= 15 is 0 Å². The molecule has 0 amide bonds. The molecule has 4 rings (SSSR count). The standard InChI is InChI=1S/C23H24ClN3/c24-22-8-2-1-5-19(22)15-21-7-3-9-23(26-21)20-6-4-14-27(17-20)16-18-10-12-25-13-11-18/h1-3,5,7-13,20H,4,6,14-17H2. The molecule has 0 bridgehead atoms. The highest BCUT2D eigenvalue weighted by molar-refractivity contribution is 6.31. The molecule has 1 fully saturated rings. The lowest BCUT2D eigenvalue weighted by Gasteiger charge is -2.32. The van der Waals surface area contributed by atoms with Gasteiger partial charge < -0.3 is 0 Å². The second kappa shape index (κ2) is 8.64. The van der Waals surface area contributed by atoms with Crippen LogP contribution in [0.15, 0.2) is 67.0 Å². The second-order valence-electron chi connectivity index (χ2n) is 7.25. The summed E-state index contributed by atoms with van der Waals surface area (Å²) in [6, 6.07) is 18.6. The molecule has 138 valence electrons. The minimum atomic E-state index is 0.492. The summed E-state index contributed by atoms with van der Waals surface area (Å²) in [4.78, 5) is 11.6. The minimum absolute atomic E-state index is 0.492. The molecule has 3 aromatic rings. The van der Waals surface area contributed by atoms with Crippen LogP contribution < -0.4 is 0 Å². The van der Waals surface area contributed by atoms with Crippen molar-refractivity contribution in [1.82, 2.24) is 14.9 Å². The third-order valence-corrected chi connectivity index (χ3v) is 5.61. The summed E-state index contributed by atoms with van der Waals surface area (Å²) >= 11 is 6.32. The maximum Gasteiger partial charge on any atom is 0.0451 e. The van der Waals surface area contributed by atoms with Crippen LogP contribution in [0.25, 0.3) is 0 Å². The van der Waals surface area contributed by atoms with Gasteiger partial charge in [-0.05, 0) is 60.8 Å². The highest BCUT2D eigenvalue weighted by Crippen LogP contribution is 2.27. The van der Waals surface area contributed by atoms with Crippen molar-refractivity contribution in [2.45, 2.75) is 31.7 Å². The van der Waals surface area contributed by atoms with Gasteiger partial charge in [-0.1, -0.05) is 35.9 Å². The summed E-state index contributed by atoms with van der Waals surface area (Å²) in [5, 5.41) is 0.811. The molecule has 2 aromatic heterocycles. The van der Waals surface area contributed by atoms with Crippen LogP contribution in [0.3, 0.4) is 0 Å². The van der Waals surface area contributed by atoms with Crippen LogP contribution in [-0.4, -0.2) is 28.0 Å². The molecule has 1 aliphatic heterocycles. The summed E-state index contributed by atoms with van der Waals surface area (Å²) in [6.45, 7) is 3.20. The maximum atomic E-state index is 6.32. The minimum Gasteiger partial charge on any atom is -0.298 e. The van der Waals surface area contributed by atoms with Gasteiger partial charge in [0.15, 0.2) is 0 Å². The number of pyridine rings is 2. The van der Waals surface area contributed by atoms with E-state index in [2.05, 4.69) is 46.3 Å². The van der Waals surface area contributed by atoms with Crippen molar-refractivity contribution >= 4 is 11.6 Å². The number of hydrogen-bond donors (Lipinski definition) is 0. The van der Waals surface area contributed by atoms with Crippen LogP contribution in [0.1, 0.15) is 41.3 Å². The summed E-state index contributed by atoms with van der Waals surface area (Å²) in [6.07, 6.45) is 6.94. The zero-order valence-corrected chi connectivity index (χ0v) is 16.1. The third-order valence-electron chi connectivity index (χ3n) is 5.24. The molecular weight excluding hydrogens is 354 g/mol. The second-order valence-corrected chi connectivity index (χ2v) is 7.66. The first-order valence-electron chi connectivity index (χ1n) is 9.58. The lowest BCUT2D eigenvalue weighted by atomic mass is 9.93. The Labute approximate surface area is 166 Å². The topological polar surface area (TPSA) is 29.0 Å². The molecule has 1 unspecified atom stereocenters. The van der Waals surface area contributed by atoms with Crippen molar-refractivity contribution in [2.75, 3.05) is 13.1 Å². The molecule has 0 aliphatic carbocycles. The van der Waals surface area contributed by atoms with Gasteiger partial charge >= 0.3 is 0 Å². The van der Waals surface area contributed by atoms with Crippen molar-refractivity contribution in [3.63, 3.8) is 0 Å². The van der Waals surface area contributed by atoms with Gasteiger partial charge in [-0.2, -0.15) is 0 Å².